The van der Waals surface area contributed by atoms with E-state index in [1.54, 1.807) is 0 Å². The lowest BCUT2D eigenvalue weighted by atomic mass is 9.85. The Kier molecular flexibility index (Phi) is 7.43. The van der Waals surface area contributed by atoms with Crippen molar-refractivity contribution in [2.75, 3.05) is 0 Å². The zero-order valence-corrected chi connectivity index (χ0v) is 39.8. The SMILES string of the molecule is Cc1ccccc1-c1ccc2c(c1)-c1ccc3c4ccc5c6c(ccc(c7ccc-2c1c73)c46)c1c(-c2ccccc2-c2ccccc2)c2cc3ccccc3c3c4cc(-c6ccccc6C)ccc4c(c51)c23. The molecule has 1 aliphatic rings. The fourth-order valence-electron chi connectivity index (χ4n) is 14.1. The van der Waals surface area contributed by atoms with E-state index in [0.29, 0.717) is 0 Å². The maximum Gasteiger partial charge on any atom is -0.000695 e. The minimum atomic E-state index is 1.23. The van der Waals surface area contributed by atoms with Crippen molar-refractivity contribution in [3.05, 3.63) is 230 Å². The Morgan fingerprint density at radius 2 is 0.653 bits per heavy atom. The zero-order valence-electron chi connectivity index (χ0n) is 39.8. The molecule has 0 fully saturated rings. The highest BCUT2D eigenvalue weighted by Crippen LogP contribution is 2.59. The third-order valence-corrected chi connectivity index (χ3v) is 17.1. The van der Waals surface area contributed by atoms with Gasteiger partial charge in [-0.05, 0) is 218 Å². The van der Waals surface area contributed by atoms with Crippen LogP contribution in [0.5, 0.6) is 0 Å². The minimum Gasteiger partial charge on any atom is -0.0622 e. The van der Waals surface area contributed by atoms with Gasteiger partial charge in [0.1, 0.15) is 0 Å². The van der Waals surface area contributed by atoms with Crippen molar-refractivity contribution in [3.63, 3.8) is 0 Å². The molecule has 1 aliphatic carbocycles. The van der Waals surface area contributed by atoms with Gasteiger partial charge in [-0.2, -0.15) is 0 Å². The van der Waals surface area contributed by atoms with E-state index in [2.05, 4.69) is 232 Å². The molecule has 0 amide bonds. The smallest absolute Gasteiger partial charge is 0.000695 e. The lowest BCUT2D eigenvalue weighted by molar-refractivity contribution is 1.46. The van der Waals surface area contributed by atoms with Crippen LogP contribution < -0.4 is 0 Å². The Morgan fingerprint density at radius 1 is 0.194 bits per heavy atom. The van der Waals surface area contributed by atoms with Crippen LogP contribution in [0.3, 0.4) is 0 Å². The average Bonchev–Trinajstić information content (AvgIpc) is 4.07. The number of rotatable bonds is 4. The lowest BCUT2D eigenvalue weighted by Gasteiger charge is -2.17. The first-order valence-corrected chi connectivity index (χ1v) is 25.4. The van der Waals surface area contributed by atoms with Gasteiger partial charge in [0.15, 0.2) is 0 Å². The van der Waals surface area contributed by atoms with Crippen molar-refractivity contribution in [1.82, 2.24) is 0 Å². The summed E-state index contributed by atoms with van der Waals surface area (Å²) in [6.45, 7) is 4.45. The van der Waals surface area contributed by atoms with Crippen molar-refractivity contribution >= 4 is 108 Å². The van der Waals surface area contributed by atoms with Crippen LogP contribution >= 0.6 is 0 Å². The van der Waals surface area contributed by atoms with Gasteiger partial charge in [0.2, 0.25) is 0 Å². The van der Waals surface area contributed by atoms with E-state index in [1.807, 2.05) is 0 Å². The van der Waals surface area contributed by atoms with Crippen LogP contribution in [0, 0.1) is 13.8 Å². The lowest BCUT2D eigenvalue weighted by Crippen LogP contribution is -1.90. The summed E-state index contributed by atoms with van der Waals surface area (Å²) >= 11 is 0. The van der Waals surface area contributed by atoms with Crippen molar-refractivity contribution in [2.45, 2.75) is 13.8 Å². The van der Waals surface area contributed by atoms with E-state index >= 15 is 0 Å². The third kappa shape index (κ3) is 4.82. The molecule has 72 heavy (non-hydrogen) atoms. The highest BCUT2D eigenvalue weighted by molar-refractivity contribution is 6.53. The van der Waals surface area contributed by atoms with Gasteiger partial charge in [0.05, 0.1) is 0 Å². The highest BCUT2D eigenvalue weighted by atomic mass is 14.3. The molecular formula is C72H42. The molecule has 330 valence electrons. The molecule has 0 heteroatoms. The summed E-state index contributed by atoms with van der Waals surface area (Å²) in [6, 6.07) is 83.4. The van der Waals surface area contributed by atoms with Gasteiger partial charge in [-0.1, -0.05) is 200 Å². The van der Waals surface area contributed by atoms with Gasteiger partial charge in [0, 0.05) is 0 Å². The van der Waals surface area contributed by atoms with Crippen LogP contribution in [-0.2, 0) is 0 Å². The second kappa shape index (κ2) is 13.8. The first kappa shape index (κ1) is 38.7. The molecule has 0 aliphatic heterocycles. The van der Waals surface area contributed by atoms with Gasteiger partial charge in [-0.25, -0.2) is 0 Å². The Morgan fingerprint density at radius 3 is 1.38 bits per heavy atom. The molecular weight excluding hydrogens is 865 g/mol. The largest absolute Gasteiger partial charge is 0.0622 e. The van der Waals surface area contributed by atoms with Crippen LogP contribution in [0.15, 0.2) is 218 Å². The Balaban J connectivity index is 1.04. The minimum absolute atomic E-state index is 1.23. The summed E-state index contributed by atoms with van der Waals surface area (Å²) in [4.78, 5) is 0. The van der Waals surface area contributed by atoms with E-state index < -0.39 is 0 Å². The normalized spacial score (nSPS) is 12.6. The third-order valence-electron chi connectivity index (χ3n) is 17.1. The molecule has 0 aromatic heterocycles. The maximum atomic E-state index is 2.52. The second-order valence-electron chi connectivity index (χ2n) is 20.6. The molecule has 17 rings (SSSR count). The maximum absolute atomic E-state index is 2.52. The van der Waals surface area contributed by atoms with Gasteiger partial charge in [-0.3, -0.25) is 0 Å². The number of fused-ring (bicyclic) bond motifs is 14. The first-order valence-electron chi connectivity index (χ1n) is 25.4. The molecule has 0 nitrogen and oxygen atoms in total. The second-order valence-corrected chi connectivity index (χ2v) is 20.6. The summed E-state index contributed by atoms with van der Waals surface area (Å²) in [5, 5.41) is 26.8. The topological polar surface area (TPSA) is 0 Å². The van der Waals surface area contributed by atoms with Crippen molar-refractivity contribution in [3.8, 4) is 66.8 Å². The molecule has 0 heterocycles. The Hall–Kier alpha value is -9.10. The fraction of sp³-hybridized carbons (Fsp3) is 0.0278. The van der Waals surface area contributed by atoms with Crippen LogP contribution in [0.1, 0.15) is 11.1 Å². The fourth-order valence-corrected chi connectivity index (χ4v) is 14.1. The highest BCUT2D eigenvalue weighted by Gasteiger charge is 2.30. The quantitative estimate of drug-likeness (QED) is 0.122. The number of hydrogen-bond acceptors (Lipinski definition) is 0. The summed E-state index contributed by atoms with van der Waals surface area (Å²) < 4.78 is 0. The Labute approximate surface area is 415 Å². The molecule has 0 saturated carbocycles. The predicted octanol–water partition coefficient (Wildman–Crippen LogP) is 20.5. The van der Waals surface area contributed by atoms with E-state index in [9.17, 15) is 0 Å². The molecule has 16 aromatic carbocycles. The summed E-state index contributed by atoms with van der Waals surface area (Å²) in [5.74, 6) is 0. The summed E-state index contributed by atoms with van der Waals surface area (Å²) in [5.41, 5.74) is 18.1. The molecule has 0 saturated heterocycles. The number of benzene rings is 14. The molecule has 0 spiro atoms. The van der Waals surface area contributed by atoms with E-state index in [1.165, 1.54) is 186 Å². The number of hydrogen-bond donors (Lipinski definition) is 0. The van der Waals surface area contributed by atoms with E-state index in [0.717, 1.165) is 0 Å². The van der Waals surface area contributed by atoms with Crippen LogP contribution in [0.25, 0.3) is 174 Å². The van der Waals surface area contributed by atoms with Gasteiger partial charge in [0.25, 0.3) is 0 Å². The van der Waals surface area contributed by atoms with Crippen LogP contribution in [0.4, 0.5) is 0 Å². The molecule has 0 atom stereocenters. The summed E-state index contributed by atoms with van der Waals surface area (Å²) in [7, 11) is 0. The van der Waals surface area contributed by atoms with Crippen molar-refractivity contribution in [1.29, 1.82) is 0 Å². The van der Waals surface area contributed by atoms with Crippen molar-refractivity contribution in [2.24, 2.45) is 0 Å². The monoisotopic (exact) mass is 906 g/mol. The predicted molar refractivity (Wildman–Crippen MR) is 311 cm³/mol. The average molecular weight is 907 g/mol. The standard InChI is InChI=1S/C72H42/c1-39-14-6-9-19-45(39)43-24-26-49-51-28-29-52-54-32-34-58-68-59(35-33-55(66(54)68)53-30-31-56(60(49)36-43)64(51)65(52)53)71-69-57-27-25-44(46-20-10-7-15-40(46)2)37-61(57)63-48-22-11-8-18-42(48)38-62(72(63)69)67(70(58)71)50-23-13-12-21-47(50)41-16-4-3-5-17-41/h3-38H,1-2H3. The van der Waals surface area contributed by atoms with Gasteiger partial charge < -0.3 is 0 Å². The molecule has 0 N–H and O–H groups in total. The van der Waals surface area contributed by atoms with Crippen molar-refractivity contribution < 1.29 is 0 Å². The van der Waals surface area contributed by atoms with E-state index in [-0.39, 0.29) is 0 Å². The number of aryl methyl sites for hydroxylation is 2. The summed E-state index contributed by atoms with van der Waals surface area (Å²) in [6.07, 6.45) is 0. The van der Waals surface area contributed by atoms with Crippen LogP contribution in [0.2, 0.25) is 0 Å². The first-order chi connectivity index (χ1) is 35.6. The molecule has 16 aromatic rings. The zero-order chi connectivity index (χ0) is 47.1. The Bertz CT molecular complexity index is 5010. The van der Waals surface area contributed by atoms with Gasteiger partial charge >= 0.3 is 0 Å². The van der Waals surface area contributed by atoms with Gasteiger partial charge in [-0.15, -0.1) is 0 Å². The molecule has 0 radical (unpaired) electrons. The van der Waals surface area contributed by atoms with E-state index in [4.69, 9.17) is 0 Å². The molecule has 0 bridgehead atoms. The molecule has 0 unspecified atom stereocenters. The van der Waals surface area contributed by atoms with Crippen LogP contribution in [-0.4, -0.2) is 0 Å².